The molecule has 0 spiro atoms. The summed E-state index contributed by atoms with van der Waals surface area (Å²) in [6.07, 6.45) is 7.38. The van der Waals surface area contributed by atoms with Gasteiger partial charge >= 0.3 is 5.97 Å². The number of nitrogens with zero attached hydrogens (tertiary/aromatic N) is 2. The smallest absolute Gasteiger partial charge is 0.341 e. The maximum absolute atomic E-state index is 12.5. The number of aromatic amines is 1. The molecule has 0 amide bonds. The van der Waals surface area contributed by atoms with Crippen molar-refractivity contribution >= 4 is 22.5 Å². The van der Waals surface area contributed by atoms with Crippen molar-refractivity contribution in [3.63, 3.8) is 0 Å². The van der Waals surface area contributed by atoms with Crippen LogP contribution in [0.25, 0.3) is 16.6 Å². The molecule has 0 aliphatic heterocycles. The number of nitrogens with one attached hydrogen (secondary N) is 1. The number of H-pyrrole nitrogens is 1. The zero-order valence-corrected chi connectivity index (χ0v) is 14.9. The molecule has 2 aromatic heterocycles. The molecule has 0 unspecified atom stereocenters. The summed E-state index contributed by atoms with van der Waals surface area (Å²) < 4.78 is 12.1. The van der Waals surface area contributed by atoms with Gasteiger partial charge in [0.1, 0.15) is 22.7 Å². The molecule has 136 valence electrons. The molecule has 1 saturated carbocycles. The largest absolute Gasteiger partial charge is 0.496 e. The Bertz CT molecular complexity index is 1040. The molecule has 0 atom stereocenters. The van der Waals surface area contributed by atoms with Gasteiger partial charge in [0.05, 0.1) is 31.4 Å². The first-order valence-electron chi connectivity index (χ1n) is 8.83. The van der Waals surface area contributed by atoms with Gasteiger partial charge < -0.3 is 14.5 Å². The number of esters is 1. The number of hydrogen-bond donors (Lipinski definition) is 1. The third-order valence-electron chi connectivity index (χ3n) is 5.20. The zero-order valence-electron chi connectivity index (χ0n) is 14.9. The maximum atomic E-state index is 12.5. The molecule has 1 aliphatic rings. The highest BCUT2D eigenvalue weighted by Gasteiger charge is 2.23. The van der Waals surface area contributed by atoms with Gasteiger partial charge in [0, 0.05) is 12.0 Å². The lowest BCUT2D eigenvalue weighted by Gasteiger charge is -2.21. The number of benzene rings is 1. The molecule has 1 N–H and O–H groups in total. The highest BCUT2D eigenvalue weighted by Crippen LogP contribution is 2.34. The third kappa shape index (κ3) is 2.55. The van der Waals surface area contributed by atoms with E-state index in [1.165, 1.54) is 33.5 Å². The van der Waals surface area contributed by atoms with Gasteiger partial charge in [-0.15, -0.1) is 0 Å². The predicted molar refractivity (Wildman–Crippen MR) is 97.0 cm³/mol. The molecule has 1 aromatic carbocycles. The van der Waals surface area contributed by atoms with Crippen LogP contribution in [0, 0.1) is 0 Å². The normalized spacial score (nSPS) is 15.5. The number of methoxy groups -OCH3 is 2. The van der Waals surface area contributed by atoms with Crippen molar-refractivity contribution in [3.05, 3.63) is 40.1 Å². The fourth-order valence-corrected chi connectivity index (χ4v) is 3.91. The van der Waals surface area contributed by atoms with Crippen LogP contribution in [0.1, 0.15) is 54.2 Å². The van der Waals surface area contributed by atoms with Crippen LogP contribution < -0.4 is 10.3 Å². The quantitative estimate of drug-likeness (QED) is 0.730. The lowest BCUT2D eigenvalue weighted by Crippen LogP contribution is -2.15. The predicted octanol–water partition coefficient (Wildman–Crippen LogP) is 3.02. The Morgan fingerprint density at radius 3 is 2.65 bits per heavy atom. The Morgan fingerprint density at radius 2 is 1.96 bits per heavy atom. The molecule has 3 aromatic rings. The highest BCUT2D eigenvalue weighted by molar-refractivity contribution is 5.97. The summed E-state index contributed by atoms with van der Waals surface area (Å²) >= 11 is 0. The van der Waals surface area contributed by atoms with Gasteiger partial charge in [0.2, 0.25) is 0 Å². The maximum Gasteiger partial charge on any atom is 0.341 e. The van der Waals surface area contributed by atoms with E-state index in [9.17, 15) is 9.59 Å². The number of hydrogen-bond acceptors (Lipinski definition) is 5. The monoisotopic (exact) mass is 355 g/mol. The van der Waals surface area contributed by atoms with Gasteiger partial charge in [-0.05, 0) is 18.9 Å². The van der Waals surface area contributed by atoms with Gasteiger partial charge in [0.25, 0.3) is 5.56 Å². The van der Waals surface area contributed by atoms with Crippen molar-refractivity contribution < 1.29 is 14.3 Å². The first-order chi connectivity index (χ1) is 12.6. The summed E-state index contributed by atoms with van der Waals surface area (Å²) in [4.78, 5) is 32.0. The number of fused-ring (bicyclic) bond motifs is 3. The van der Waals surface area contributed by atoms with Crippen LogP contribution >= 0.6 is 0 Å². The van der Waals surface area contributed by atoms with Gasteiger partial charge in [0.15, 0.2) is 0 Å². The second-order valence-corrected chi connectivity index (χ2v) is 6.69. The van der Waals surface area contributed by atoms with E-state index in [1.54, 1.807) is 18.3 Å². The number of rotatable bonds is 3. The zero-order chi connectivity index (χ0) is 18.3. The van der Waals surface area contributed by atoms with Gasteiger partial charge in [-0.1, -0.05) is 19.3 Å². The molecule has 7 heteroatoms. The Morgan fingerprint density at radius 1 is 1.19 bits per heavy atom. The van der Waals surface area contributed by atoms with Crippen LogP contribution in [-0.2, 0) is 4.74 Å². The van der Waals surface area contributed by atoms with Gasteiger partial charge in [-0.3, -0.25) is 9.20 Å². The summed E-state index contributed by atoms with van der Waals surface area (Å²) in [6, 6.07) is 3.37. The lowest BCUT2D eigenvalue weighted by molar-refractivity contribution is 0.0597. The minimum absolute atomic E-state index is 0.229. The van der Waals surface area contributed by atoms with E-state index in [2.05, 4.69) is 9.97 Å². The molecule has 1 aliphatic carbocycles. The molecular weight excluding hydrogens is 334 g/mol. The molecule has 2 heterocycles. The van der Waals surface area contributed by atoms with Crippen LogP contribution in [0.15, 0.2) is 23.1 Å². The Hall–Kier alpha value is -2.83. The van der Waals surface area contributed by atoms with Crippen molar-refractivity contribution in [2.75, 3.05) is 14.2 Å². The Kier molecular flexibility index (Phi) is 4.14. The summed E-state index contributed by atoms with van der Waals surface area (Å²) in [5.74, 6) is 1.13. The molecule has 0 bridgehead atoms. The minimum Gasteiger partial charge on any atom is -0.496 e. The molecule has 0 radical (unpaired) electrons. The number of ether oxygens (including phenoxy) is 2. The van der Waals surface area contributed by atoms with E-state index in [4.69, 9.17) is 9.47 Å². The Balaban J connectivity index is 2.02. The van der Waals surface area contributed by atoms with E-state index in [0.29, 0.717) is 22.7 Å². The summed E-state index contributed by atoms with van der Waals surface area (Å²) in [6.45, 7) is 0. The number of imidazole rings is 1. The van der Waals surface area contributed by atoms with Crippen LogP contribution in [-0.4, -0.2) is 34.6 Å². The Labute approximate surface area is 149 Å². The van der Waals surface area contributed by atoms with Crippen LogP contribution in [0.3, 0.4) is 0 Å². The topological polar surface area (TPSA) is 85.7 Å². The van der Waals surface area contributed by atoms with Crippen LogP contribution in [0.2, 0.25) is 0 Å². The van der Waals surface area contributed by atoms with Crippen molar-refractivity contribution in [1.29, 1.82) is 0 Å². The van der Waals surface area contributed by atoms with Gasteiger partial charge in [-0.25, -0.2) is 9.78 Å². The SMILES string of the molecule is COC(=O)c1cc2[nH]c(=O)c3cnc(C4CCCCC4)n3c2cc1OC. The van der Waals surface area contributed by atoms with Crippen LogP contribution in [0.5, 0.6) is 5.75 Å². The van der Waals surface area contributed by atoms with Crippen LogP contribution in [0.4, 0.5) is 0 Å². The molecule has 0 saturated heterocycles. The first-order valence-corrected chi connectivity index (χ1v) is 8.83. The minimum atomic E-state index is -0.511. The van der Waals surface area contributed by atoms with Crippen molar-refractivity contribution in [1.82, 2.24) is 14.4 Å². The fourth-order valence-electron chi connectivity index (χ4n) is 3.91. The van der Waals surface area contributed by atoms with E-state index >= 15 is 0 Å². The van der Waals surface area contributed by atoms with E-state index in [-0.39, 0.29) is 11.1 Å². The van der Waals surface area contributed by atoms with Crippen molar-refractivity contribution in [2.45, 2.75) is 38.0 Å². The molecule has 26 heavy (non-hydrogen) atoms. The van der Waals surface area contributed by atoms with Crippen molar-refractivity contribution in [2.24, 2.45) is 0 Å². The highest BCUT2D eigenvalue weighted by atomic mass is 16.5. The first kappa shape index (κ1) is 16.6. The average molecular weight is 355 g/mol. The average Bonchev–Trinajstić information content (AvgIpc) is 3.13. The number of carbonyl (C=O) groups is 1. The second-order valence-electron chi connectivity index (χ2n) is 6.69. The van der Waals surface area contributed by atoms with Crippen molar-refractivity contribution in [3.8, 4) is 5.75 Å². The van der Waals surface area contributed by atoms with E-state index in [1.807, 2.05) is 4.40 Å². The number of aromatic nitrogens is 3. The summed E-state index contributed by atoms with van der Waals surface area (Å²) in [5, 5.41) is 0. The summed E-state index contributed by atoms with van der Waals surface area (Å²) in [7, 11) is 2.82. The standard InChI is InChI=1S/C19H21N3O4/c1-25-16-9-14-13(8-12(16)19(24)26-2)21-18(23)15-10-20-17(22(14)15)11-6-4-3-5-7-11/h8-11H,3-7H2,1-2H3,(H,21,23). The molecule has 1 fully saturated rings. The molecular formula is C19H21N3O4. The lowest BCUT2D eigenvalue weighted by atomic mass is 9.89. The number of carbonyl (C=O) groups excluding carboxylic acids is 1. The van der Waals surface area contributed by atoms with E-state index in [0.717, 1.165) is 24.2 Å². The van der Waals surface area contributed by atoms with Gasteiger partial charge in [-0.2, -0.15) is 0 Å². The third-order valence-corrected chi connectivity index (χ3v) is 5.20. The summed E-state index contributed by atoms with van der Waals surface area (Å²) in [5.41, 5.74) is 1.87. The molecule has 7 nitrogen and oxygen atoms in total. The van der Waals surface area contributed by atoms with E-state index < -0.39 is 5.97 Å². The fraction of sp³-hybridized carbons (Fsp3) is 0.421. The molecule has 4 rings (SSSR count). The second kappa shape index (κ2) is 6.48.